The zero-order chi connectivity index (χ0) is 23.3. The lowest BCUT2D eigenvalue weighted by Gasteiger charge is -2.12. The smallest absolute Gasteiger partial charge is 0.262 e. The zero-order valence-corrected chi connectivity index (χ0v) is 20.2. The quantitative estimate of drug-likeness (QED) is 0.475. The molecule has 1 aromatic heterocycles. The van der Waals surface area contributed by atoms with E-state index in [4.69, 9.17) is 0 Å². The van der Waals surface area contributed by atoms with Crippen LogP contribution >= 0.6 is 11.8 Å². The van der Waals surface area contributed by atoms with Gasteiger partial charge in [-0.2, -0.15) is 0 Å². The van der Waals surface area contributed by atoms with E-state index in [0.717, 1.165) is 21.9 Å². The highest BCUT2D eigenvalue weighted by Gasteiger charge is 2.17. The highest BCUT2D eigenvalue weighted by molar-refractivity contribution is 7.99. The summed E-state index contributed by atoms with van der Waals surface area (Å²) in [5, 5.41) is 3.66. The second kappa shape index (κ2) is 10.2. The average Bonchev–Trinajstić information content (AvgIpc) is 2.75. The van der Waals surface area contributed by atoms with Gasteiger partial charge in [-0.1, -0.05) is 36.4 Å². The Morgan fingerprint density at radius 2 is 1.78 bits per heavy atom. The number of hydrogen-bond donors (Lipinski definition) is 2. The highest BCUT2D eigenvalue weighted by Crippen LogP contribution is 2.28. The van der Waals surface area contributed by atoms with Crippen molar-refractivity contribution >= 4 is 33.4 Å². The van der Waals surface area contributed by atoms with Gasteiger partial charge in [0.2, 0.25) is 0 Å². The van der Waals surface area contributed by atoms with Gasteiger partial charge in [-0.05, 0) is 75.2 Å². The molecule has 8 heteroatoms. The first-order valence-electron chi connectivity index (χ1n) is 10.3. The number of amides is 1. The van der Waals surface area contributed by atoms with E-state index < -0.39 is 10.0 Å². The van der Waals surface area contributed by atoms with E-state index in [1.807, 2.05) is 39.0 Å². The Morgan fingerprint density at radius 1 is 1.06 bits per heavy atom. The van der Waals surface area contributed by atoms with Crippen LogP contribution in [0.1, 0.15) is 41.8 Å². The monoisotopic (exact) mass is 469 g/mol. The van der Waals surface area contributed by atoms with E-state index >= 15 is 0 Å². The largest absolute Gasteiger partial charge is 0.350 e. The minimum absolute atomic E-state index is 0.113. The summed E-state index contributed by atoms with van der Waals surface area (Å²) < 4.78 is 28.1. The van der Waals surface area contributed by atoms with E-state index in [2.05, 4.69) is 15.0 Å². The van der Waals surface area contributed by atoms with Gasteiger partial charge in [0.25, 0.3) is 15.9 Å². The second-order valence-corrected chi connectivity index (χ2v) is 10.4. The predicted molar refractivity (Wildman–Crippen MR) is 129 cm³/mol. The Balaban J connectivity index is 1.65. The molecule has 1 amide bonds. The van der Waals surface area contributed by atoms with Crippen molar-refractivity contribution in [1.82, 2.24) is 10.3 Å². The summed E-state index contributed by atoms with van der Waals surface area (Å²) in [6, 6.07) is 16.0. The average molecular weight is 470 g/mol. The topological polar surface area (TPSA) is 88.2 Å². The van der Waals surface area contributed by atoms with Crippen LogP contribution in [0.3, 0.4) is 0 Å². The van der Waals surface area contributed by atoms with Crippen LogP contribution in [0.5, 0.6) is 0 Å². The molecule has 3 aromatic rings. The molecule has 0 saturated carbocycles. The molecule has 0 aliphatic heterocycles. The summed E-state index contributed by atoms with van der Waals surface area (Å²) in [4.78, 5) is 17.7. The SMILES string of the molecule is CC[C@@H](C)NC(=O)c1ccc(Sc2ccc(NS(=O)(=O)c3ccc(C)cc3C)cc2)nc1. The number of sulfonamides is 1. The lowest BCUT2D eigenvalue weighted by molar-refractivity contribution is 0.0939. The van der Waals surface area contributed by atoms with Crippen molar-refractivity contribution < 1.29 is 13.2 Å². The van der Waals surface area contributed by atoms with Gasteiger partial charge < -0.3 is 5.32 Å². The number of carbonyl (C=O) groups excluding carboxylic acids is 1. The van der Waals surface area contributed by atoms with Crippen molar-refractivity contribution in [3.8, 4) is 0 Å². The number of benzene rings is 2. The maximum Gasteiger partial charge on any atom is 0.262 e. The van der Waals surface area contributed by atoms with Crippen molar-refractivity contribution in [3.63, 3.8) is 0 Å². The van der Waals surface area contributed by atoms with Crippen molar-refractivity contribution in [1.29, 1.82) is 0 Å². The summed E-state index contributed by atoms with van der Waals surface area (Å²) in [5.41, 5.74) is 2.72. The normalized spacial score (nSPS) is 12.2. The van der Waals surface area contributed by atoms with Gasteiger partial charge >= 0.3 is 0 Å². The van der Waals surface area contributed by atoms with Crippen LogP contribution in [0.25, 0.3) is 0 Å². The van der Waals surface area contributed by atoms with Gasteiger partial charge in [-0.15, -0.1) is 0 Å². The molecule has 0 spiro atoms. The summed E-state index contributed by atoms with van der Waals surface area (Å²) in [6.07, 6.45) is 2.43. The molecule has 0 unspecified atom stereocenters. The molecule has 0 fully saturated rings. The van der Waals surface area contributed by atoms with Crippen LogP contribution in [0.2, 0.25) is 0 Å². The molecule has 1 heterocycles. The molecular formula is C24H27N3O3S2. The summed E-state index contributed by atoms with van der Waals surface area (Å²) in [7, 11) is -3.66. The van der Waals surface area contributed by atoms with E-state index in [9.17, 15) is 13.2 Å². The van der Waals surface area contributed by atoms with Crippen LogP contribution < -0.4 is 10.0 Å². The molecule has 168 valence electrons. The second-order valence-electron chi connectivity index (χ2n) is 7.67. The fraction of sp³-hybridized carbons (Fsp3) is 0.250. The lowest BCUT2D eigenvalue weighted by atomic mass is 10.2. The number of nitrogens with zero attached hydrogens (tertiary/aromatic N) is 1. The van der Waals surface area contributed by atoms with Gasteiger partial charge in [0.05, 0.1) is 10.5 Å². The number of aryl methyl sites for hydroxylation is 2. The molecule has 0 aliphatic rings. The Morgan fingerprint density at radius 3 is 2.38 bits per heavy atom. The maximum absolute atomic E-state index is 12.7. The van der Waals surface area contributed by atoms with E-state index in [0.29, 0.717) is 16.8 Å². The maximum atomic E-state index is 12.7. The minimum Gasteiger partial charge on any atom is -0.350 e. The Kier molecular flexibility index (Phi) is 7.58. The number of carbonyl (C=O) groups is 1. The van der Waals surface area contributed by atoms with Gasteiger partial charge in [0.15, 0.2) is 0 Å². The summed E-state index contributed by atoms with van der Waals surface area (Å²) in [6.45, 7) is 7.69. The van der Waals surface area contributed by atoms with Gasteiger partial charge in [0, 0.05) is 22.8 Å². The molecule has 32 heavy (non-hydrogen) atoms. The number of hydrogen-bond acceptors (Lipinski definition) is 5. The van der Waals surface area contributed by atoms with Gasteiger partial charge in [0.1, 0.15) is 5.03 Å². The minimum atomic E-state index is -3.66. The number of pyridine rings is 1. The standard InChI is InChI=1S/C24H27N3O3S2/c1-5-18(4)26-24(28)19-7-13-23(25-15-19)31-21-10-8-20(9-11-21)27-32(29,30)22-12-6-16(2)14-17(22)3/h6-15,18,27H,5H2,1-4H3,(H,26,28)/t18-/m1/s1. The summed E-state index contributed by atoms with van der Waals surface area (Å²) in [5.74, 6) is -0.135. The number of rotatable bonds is 8. The molecule has 2 N–H and O–H groups in total. The van der Waals surface area contributed by atoms with Gasteiger partial charge in [-0.25, -0.2) is 13.4 Å². The van der Waals surface area contributed by atoms with E-state index in [-0.39, 0.29) is 16.8 Å². The third-order valence-corrected chi connectivity index (χ3v) is 7.44. The molecule has 0 bridgehead atoms. The molecule has 6 nitrogen and oxygen atoms in total. The summed E-state index contributed by atoms with van der Waals surface area (Å²) >= 11 is 1.43. The molecule has 0 radical (unpaired) electrons. The van der Waals surface area contributed by atoms with Crippen molar-refractivity contribution in [2.75, 3.05) is 4.72 Å². The van der Waals surface area contributed by atoms with Crippen molar-refractivity contribution in [3.05, 3.63) is 77.5 Å². The molecule has 2 aromatic carbocycles. The van der Waals surface area contributed by atoms with E-state index in [1.54, 1.807) is 49.5 Å². The van der Waals surface area contributed by atoms with Gasteiger partial charge in [-0.3, -0.25) is 9.52 Å². The number of nitrogens with one attached hydrogen (secondary N) is 2. The lowest BCUT2D eigenvalue weighted by Crippen LogP contribution is -2.31. The molecular weight excluding hydrogens is 442 g/mol. The first-order valence-corrected chi connectivity index (χ1v) is 12.6. The van der Waals surface area contributed by atoms with E-state index in [1.165, 1.54) is 11.8 Å². The Bertz CT molecular complexity index is 1190. The van der Waals surface area contributed by atoms with Crippen LogP contribution in [0.4, 0.5) is 5.69 Å². The third kappa shape index (κ3) is 6.11. The fourth-order valence-electron chi connectivity index (χ4n) is 3.01. The van der Waals surface area contributed by atoms with Crippen molar-refractivity contribution in [2.24, 2.45) is 0 Å². The first kappa shape index (κ1) is 23.8. The molecule has 1 atom stereocenters. The number of aromatic nitrogens is 1. The zero-order valence-electron chi connectivity index (χ0n) is 18.5. The first-order chi connectivity index (χ1) is 15.2. The number of anilines is 1. The van der Waals surface area contributed by atoms with Crippen LogP contribution in [0, 0.1) is 13.8 Å². The molecule has 3 rings (SSSR count). The third-order valence-electron chi connectivity index (χ3n) is 4.94. The van der Waals surface area contributed by atoms with Crippen LogP contribution in [-0.2, 0) is 10.0 Å². The predicted octanol–water partition coefficient (Wildman–Crippen LogP) is 5.18. The van der Waals surface area contributed by atoms with Crippen LogP contribution in [-0.4, -0.2) is 25.4 Å². The molecule has 0 saturated heterocycles. The Labute approximate surface area is 193 Å². The van der Waals surface area contributed by atoms with Crippen molar-refractivity contribution in [2.45, 2.75) is 55.0 Å². The fourth-order valence-corrected chi connectivity index (χ4v) is 5.05. The Hall–Kier alpha value is -2.84. The molecule has 0 aliphatic carbocycles. The highest BCUT2D eigenvalue weighted by atomic mass is 32.2. The van der Waals surface area contributed by atoms with Crippen LogP contribution in [0.15, 0.2) is 75.6 Å².